The first-order chi connectivity index (χ1) is 22.0. The van der Waals surface area contributed by atoms with Gasteiger partial charge in [-0.1, -0.05) is 182 Å². The molecule has 0 bridgehead atoms. The van der Waals surface area contributed by atoms with Crippen LogP contribution in [0.4, 0.5) is 0 Å². The predicted molar refractivity (Wildman–Crippen MR) is 216 cm³/mol. The highest BCUT2D eigenvalue weighted by molar-refractivity contribution is 5.87. The minimum absolute atomic E-state index is 0.0257. The second kappa shape index (κ2) is 22.4. The minimum atomic E-state index is -0.0496. The molecule has 1 aromatic rings. The van der Waals surface area contributed by atoms with Crippen molar-refractivity contribution in [3.05, 3.63) is 138 Å². The van der Waals surface area contributed by atoms with Crippen molar-refractivity contribution in [2.75, 3.05) is 0 Å². The van der Waals surface area contributed by atoms with Crippen LogP contribution in [0.25, 0.3) is 5.57 Å². The highest BCUT2D eigenvalue weighted by Gasteiger charge is 2.42. The van der Waals surface area contributed by atoms with E-state index >= 15 is 0 Å². The van der Waals surface area contributed by atoms with Gasteiger partial charge in [-0.15, -0.1) is 0 Å². The fourth-order valence-corrected chi connectivity index (χ4v) is 6.69. The van der Waals surface area contributed by atoms with Gasteiger partial charge in [0.2, 0.25) is 0 Å². The van der Waals surface area contributed by atoms with Gasteiger partial charge in [-0.25, -0.2) is 0 Å². The fourth-order valence-electron chi connectivity index (χ4n) is 6.69. The van der Waals surface area contributed by atoms with E-state index < -0.39 is 0 Å². The summed E-state index contributed by atoms with van der Waals surface area (Å²) in [6.45, 7) is 44.5. The third kappa shape index (κ3) is 10.2. The van der Waals surface area contributed by atoms with Gasteiger partial charge >= 0.3 is 0 Å². The first-order valence-electron chi connectivity index (χ1n) is 18.1. The van der Waals surface area contributed by atoms with Crippen molar-refractivity contribution in [2.24, 2.45) is 10.8 Å². The molecule has 0 fully saturated rings. The smallest absolute Gasteiger partial charge is 0.0187 e. The summed E-state index contributed by atoms with van der Waals surface area (Å²) in [7, 11) is 0. The number of allylic oxidation sites excluding steroid dienone is 15. The number of benzene rings is 1. The summed E-state index contributed by atoms with van der Waals surface area (Å²) in [5.41, 5.74) is 11.0. The monoisotopic (exact) mass is 625 g/mol. The molecule has 0 aromatic heterocycles. The van der Waals surface area contributed by atoms with Crippen LogP contribution in [0.15, 0.2) is 127 Å². The standard InChI is InChI=1S/C38H48.4C2H6/c1-11-16-22-33-28(6)29(14-4)34(20-13-3)38(33,10)27-25-36(7,8)24-26-37(9)32(15-5)30(19-12-2)31-21-17-18-23-35(31)37;4*1-2/h11-23H,1,4-5,24-27H2,2-3,6-10H3;4*1-2H3/b19-12-,20-13-,22-16-;;;;. The molecule has 46 heavy (non-hydrogen) atoms. The molecule has 0 heterocycles. The molecule has 3 rings (SSSR count). The zero-order valence-corrected chi connectivity index (χ0v) is 33.0. The van der Waals surface area contributed by atoms with E-state index in [4.69, 9.17) is 0 Å². The Morgan fingerprint density at radius 3 is 1.65 bits per heavy atom. The molecular formula is C46H72. The number of fused-ring (bicyclic) bond motifs is 1. The molecule has 0 saturated carbocycles. The van der Waals surface area contributed by atoms with Crippen LogP contribution in [0.5, 0.6) is 0 Å². The predicted octanol–water partition coefficient (Wildman–Crippen LogP) is 15.3. The molecule has 256 valence electrons. The maximum absolute atomic E-state index is 4.25. The third-order valence-corrected chi connectivity index (χ3v) is 9.06. The van der Waals surface area contributed by atoms with Gasteiger partial charge in [0, 0.05) is 10.8 Å². The number of hydrogen-bond acceptors (Lipinski definition) is 0. The lowest BCUT2D eigenvalue weighted by Crippen LogP contribution is -2.27. The van der Waals surface area contributed by atoms with E-state index in [2.05, 4.69) is 135 Å². The topological polar surface area (TPSA) is 0 Å². The van der Waals surface area contributed by atoms with Gasteiger partial charge in [-0.05, 0) is 96.4 Å². The zero-order chi connectivity index (χ0) is 36.1. The van der Waals surface area contributed by atoms with Crippen LogP contribution < -0.4 is 0 Å². The maximum Gasteiger partial charge on any atom is 0.0187 e. The van der Waals surface area contributed by atoms with Crippen molar-refractivity contribution in [2.45, 2.75) is 135 Å². The third-order valence-electron chi connectivity index (χ3n) is 9.06. The van der Waals surface area contributed by atoms with Crippen LogP contribution in [0.3, 0.4) is 0 Å². The highest BCUT2D eigenvalue weighted by atomic mass is 14.5. The lowest BCUT2D eigenvalue weighted by atomic mass is 9.67. The summed E-state index contributed by atoms with van der Waals surface area (Å²) < 4.78 is 0. The van der Waals surface area contributed by atoms with Gasteiger partial charge in [0.1, 0.15) is 0 Å². The Balaban J connectivity index is 0. The molecule has 0 nitrogen and oxygen atoms in total. The van der Waals surface area contributed by atoms with Gasteiger partial charge in [0.25, 0.3) is 0 Å². The van der Waals surface area contributed by atoms with Gasteiger partial charge in [0.05, 0.1) is 0 Å². The molecule has 0 aliphatic heterocycles. The average molecular weight is 625 g/mol. The van der Waals surface area contributed by atoms with Crippen molar-refractivity contribution < 1.29 is 0 Å². The SMILES string of the molecule is C=C/C=C\C1=C(C)C(C=C)=C(/C=C\C)C1(C)CCC(C)(C)CCC1(C)C(C=C)=C(/C=C\C)c2ccccc21.CC.CC.CC.CC. The molecule has 2 aliphatic carbocycles. The van der Waals surface area contributed by atoms with E-state index in [1.807, 2.05) is 67.5 Å². The average Bonchev–Trinajstić information content (AvgIpc) is 3.45. The van der Waals surface area contributed by atoms with Crippen LogP contribution in [0.1, 0.15) is 141 Å². The quantitative estimate of drug-likeness (QED) is 0.203. The molecular weight excluding hydrogens is 553 g/mol. The van der Waals surface area contributed by atoms with Crippen LogP contribution in [0, 0.1) is 10.8 Å². The lowest BCUT2D eigenvalue weighted by molar-refractivity contribution is 0.241. The molecule has 2 unspecified atom stereocenters. The van der Waals surface area contributed by atoms with E-state index in [0.717, 1.165) is 25.7 Å². The molecule has 0 spiro atoms. The van der Waals surface area contributed by atoms with Gasteiger partial charge < -0.3 is 0 Å². The van der Waals surface area contributed by atoms with Crippen LogP contribution >= 0.6 is 0 Å². The van der Waals surface area contributed by atoms with Crippen LogP contribution in [-0.2, 0) is 5.41 Å². The number of rotatable bonds is 12. The molecule has 2 aliphatic rings. The first kappa shape index (κ1) is 45.0. The Morgan fingerprint density at radius 2 is 1.17 bits per heavy atom. The molecule has 0 saturated heterocycles. The Kier molecular flexibility index (Phi) is 21.9. The van der Waals surface area contributed by atoms with Crippen LogP contribution in [0.2, 0.25) is 0 Å². The minimum Gasteiger partial charge on any atom is -0.0991 e. The second-order valence-electron chi connectivity index (χ2n) is 12.1. The van der Waals surface area contributed by atoms with Crippen molar-refractivity contribution in [1.29, 1.82) is 0 Å². The van der Waals surface area contributed by atoms with E-state index in [1.165, 1.54) is 44.6 Å². The summed E-state index contributed by atoms with van der Waals surface area (Å²) in [6.07, 6.45) is 23.7. The molecule has 0 heteroatoms. The van der Waals surface area contributed by atoms with E-state index in [0.29, 0.717) is 0 Å². The Hall–Kier alpha value is -3.12. The van der Waals surface area contributed by atoms with Gasteiger partial charge in [0.15, 0.2) is 0 Å². The van der Waals surface area contributed by atoms with Crippen molar-refractivity contribution in [3.8, 4) is 0 Å². The molecule has 2 atom stereocenters. The van der Waals surface area contributed by atoms with E-state index in [9.17, 15) is 0 Å². The summed E-state index contributed by atoms with van der Waals surface area (Å²) in [5, 5.41) is 0. The van der Waals surface area contributed by atoms with Crippen molar-refractivity contribution in [3.63, 3.8) is 0 Å². The van der Waals surface area contributed by atoms with Gasteiger partial charge in [-0.3, -0.25) is 0 Å². The van der Waals surface area contributed by atoms with Crippen molar-refractivity contribution >= 4 is 5.57 Å². The van der Waals surface area contributed by atoms with Crippen molar-refractivity contribution in [1.82, 2.24) is 0 Å². The molecule has 0 amide bonds. The maximum atomic E-state index is 4.25. The van der Waals surface area contributed by atoms with Crippen LogP contribution in [-0.4, -0.2) is 0 Å². The summed E-state index contributed by atoms with van der Waals surface area (Å²) in [6, 6.07) is 8.92. The molecule has 1 aromatic carbocycles. The molecule has 0 radical (unpaired) electrons. The largest absolute Gasteiger partial charge is 0.0991 e. The molecule has 0 N–H and O–H groups in total. The zero-order valence-electron chi connectivity index (χ0n) is 33.0. The van der Waals surface area contributed by atoms with E-state index in [-0.39, 0.29) is 16.2 Å². The van der Waals surface area contributed by atoms with E-state index in [1.54, 1.807) is 0 Å². The van der Waals surface area contributed by atoms with Gasteiger partial charge in [-0.2, -0.15) is 0 Å². The summed E-state index contributed by atoms with van der Waals surface area (Å²) in [5.74, 6) is 0. The Labute approximate surface area is 288 Å². The second-order valence-corrected chi connectivity index (χ2v) is 12.1. The Morgan fingerprint density at radius 1 is 0.652 bits per heavy atom. The number of hydrogen-bond donors (Lipinski definition) is 0. The fraction of sp³-hybridized carbons (Fsp3) is 0.478. The lowest BCUT2D eigenvalue weighted by Gasteiger charge is -2.37. The highest BCUT2D eigenvalue weighted by Crippen LogP contribution is 2.54. The Bertz CT molecular complexity index is 1280. The normalized spacial score (nSPS) is 20.3. The summed E-state index contributed by atoms with van der Waals surface area (Å²) in [4.78, 5) is 0. The summed E-state index contributed by atoms with van der Waals surface area (Å²) >= 11 is 0. The first-order valence-corrected chi connectivity index (χ1v) is 18.1.